The molecule has 0 fully saturated rings. The van der Waals surface area contributed by atoms with Crippen molar-refractivity contribution in [3.05, 3.63) is 34.3 Å². The van der Waals surface area contributed by atoms with Crippen molar-refractivity contribution in [1.82, 2.24) is 25.5 Å². The van der Waals surface area contributed by atoms with Gasteiger partial charge in [-0.3, -0.25) is 9.89 Å². The molecule has 2 N–H and O–H groups in total. The van der Waals surface area contributed by atoms with Crippen molar-refractivity contribution in [2.45, 2.75) is 13.5 Å². The fraction of sp³-hybridized carbons (Fsp3) is 0.200. The van der Waals surface area contributed by atoms with Crippen molar-refractivity contribution in [2.75, 3.05) is 0 Å². The first-order chi connectivity index (χ1) is 8.24. The van der Waals surface area contributed by atoms with E-state index < -0.39 is 0 Å². The maximum Gasteiger partial charge on any atom is 0.244 e. The van der Waals surface area contributed by atoms with Gasteiger partial charge in [-0.05, 0) is 13.0 Å². The van der Waals surface area contributed by atoms with Gasteiger partial charge in [0.1, 0.15) is 12.2 Å². The van der Waals surface area contributed by atoms with Gasteiger partial charge in [0.15, 0.2) is 0 Å². The van der Waals surface area contributed by atoms with Crippen molar-refractivity contribution < 1.29 is 4.79 Å². The quantitative estimate of drug-likeness (QED) is 0.788. The Balaban J connectivity index is 1.83. The van der Waals surface area contributed by atoms with Crippen LogP contribution >= 0.6 is 11.3 Å². The lowest BCUT2D eigenvalue weighted by molar-refractivity contribution is -0.116. The van der Waals surface area contributed by atoms with Crippen LogP contribution in [0.3, 0.4) is 0 Å². The molecular weight excluding hydrogens is 238 g/mol. The first-order valence-electron chi connectivity index (χ1n) is 4.96. The second kappa shape index (κ2) is 5.35. The van der Waals surface area contributed by atoms with Crippen LogP contribution in [0.1, 0.15) is 16.5 Å². The highest BCUT2D eigenvalue weighted by Gasteiger charge is 1.99. The van der Waals surface area contributed by atoms with Gasteiger partial charge >= 0.3 is 0 Å². The maximum absolute atomic E-state index is 11.4. The summed E-state index contributed by atoms with van der Waals surface area (Å²) in [6, 6.07) is 0. The Morgan fingerprint density at radius 1 is 1.65 bits per heavy atom. The van der Waals surface area contributed by atoms with Gasteiger partial charge in [0.25, 0.3) is 0 Å². The van der Waals surface area contributed by atoms with E-state index in [0.29, 0.717) is 12.4 Å². The molecule has 0 bridgehead atoms. The number of hydrogen-bond donors (Lipinski definition) is 2. The zero-order valence-corrected chi connectivity index (χ0v) is 9.99. The van der Waals surface area contributed by atoms with Gasteiger partial charge in [0, 0.05) is 11.5 Å². The predicted molar refractivity (Wildman–Crippen MR) is 64.1 cm³/mol. The Morgan fingerprint density at radius 2 is 2.53 bits per heavy atom. The highest BCUT2D eigenvalue weighted by Crippen LogP contribution is 2.08. The van der Waals surface area contributed by atoms with Crippen LogP contribution in [0.15, 0.2) is 17.8 Å². The largest absolute Gasteiger partial charge is 0.345 e. The van der Waals surface area contributed by atoms with Crippen molar-refractivity contribution in [2.24, 2.45) is 0 Å². The number of amides is 1. The molecule has 0 unspecified atom stereocenters. The lowest BCUT2D eigenvalue weighted by atomic mass is 10.4. The summed E-state index contributed by atoms with van der Waals surface area (Å²) in [5, 5.41) is 11.9. The minimum atomic E-state index is -0.188. The number of aromatic nitrogens is 4. The number of hydrogen-bond acceptors (Lipinski definition) is 5. The predicted octanol–water partition coefficient (Wildman–Crippen LogP) is 0.899. The van der Waals surface area contributed by atoms with Crippen LogP contribution in [-0.4, -0.2) is 26.1 Å². The normalized spacial score (nSPS) is 10.9. The Kier molecular flexibility index (Phi) is 3.61. The second-order valence-electron chi connectivity index (χ2n) is 3.27. The molecular formula is C10H11N5OS. The SMILES string of the molecule is Cc1nc(/C=C/C(=O)NCc2ncn[nH]2)cs1. The molecule has 0 radical (unpaired) electrons. The van der Waals surface area contributed by atoms with Crippen molar-refractivity contribution in [3.63, 3.8) is 0 Å². The zero-order chi connectivity index (χ0) is 12.1. The van der Waals surface area contributed by atoms with E-state index in [2.05, 4.69) is 25.5 Å². The molecule has 2 rings (SSSR count). The molecule has 0 aliphatic heterocycles. The molecule has 2 heterocycles. The minimum absolute atomic E-state index is 0.188. The summed E-state index contributed by atoms with van der Waals surface area (Å²) in [4.78, 5) is 19.5. The molecule has 0 atom stereocenters. The average molecular weight is 249 g/mol. The monoisotopic (exact) mass is 249 g/mol. The summed E-state index contributed by atoms with van der Waals surface area (Å²) in [6.45, 7) is 2.26. The Morgan fingerprint density at radius 3 is 3.18 bits per heavy atom. The van der Waals surface area contributed by atoms with Crippen LogP contribution in [0.2, 0.25) is 0 Å². The number of carbonyl (C=O) groups excluding carboxylic acids is 1. The number of nitrogens with one attached hydrogen (secondary N) is 2. The smallest absolute Gasteiger partial charge is 0.244 e. The van der Waals surface area contributed by atoms with E-state index in [9.17, 15) is 4.79 Å². The van der Waals surface area contributed by atoms with E-state index in [-0.39, 0.29) is 5.91 Å². The van der Waals surface area contributed by atoms with Crippen molar-refractivity contribution in [1.29, 1.82) is 0 Å². The molecule has 0 aliphatic rings. The van der Waals surface area contributed by atoms with E-state index >= 15 is 0 Å². The summed E-state index contributed by atoms with van der Waals surface area (Å²) in [5.41, 5.74) is 0.794. The van der Waals surface area contributed by atoms with Crippen LogP contribution in [-0.2, 0) is 11.3 Å². The van der Waals surface area contributed by atoms with Crippen molar-refractivity contribution in [3.8, 4) is 0 Å². The molecule has 17 heavy (non-hydrogen) atoms. The highest BCUT2D eigenvalue weighted by atomic mass is 32.1. The molecule has 0 aromatic carbocycles. The number of aromatic amines is 1. The maximum atomic E-state index is 11.4. The molecule has 1 amide bonds. The third kappa shape index (κ3) is 3.49. The first kappa shape index (κ1) is 11.5. The fourth-order valence-corrected chi connectivity index (χ4v) is 1.74. The van der Waals surface area contributed by atoms with E-state index in [1.807, 2.05) is 12.3 Å². The number of thiazole rings is 1. The number of rotatable bonds is 4. The van der Waals surface area contributed by atoms with Gasteiger partial charge < -0.3 is 5.32 Å². The van der Waals surface area contributed by atoms with E-state index in [4.69, 9.17) is 0 Å². The standard InChI is InChI=1S/C10H11N5OS/c1-7-14-8(5-17-7)2-3-10(16)11-4-9-12-6-13-15-9/h2-3,5-6H,4H2,1H3,(H,11,16)(H,12,13,15)/b3-2+. The van der Waals surface area contributed by atoms with Gasteiger partial charge in [-0.2, -0.15) is 5.10 Å². The molecule has 0 spiro atoms. The number of aryl methyl sites for hydroxylation is 1. The van der Waals surface area contributed by atoms with E-state index in [1.165, 1.54) is 12.4 Å². The van der Waals surface area contributed by atoms with Crippen LogP contribution < -0.4 is 5.32 Å². The summed E-state index contributed by atoms with van der Waals surface area (Å²) in [7, 11) is 0. The molecule has 2 aromatic heterocycles. The van der Waals surface area contributed by atoms with Crippen LogP contribution in [0.5, 0.6) is 0 Å². The third-order valence-electron chi connectivity index (χ3n) is 1.94. The minimum Gasteiger partial charge on any atom is -0.345 e. The number of nitrogens with zero attached hydrogens (tertiary/aromatic N) is 3. The average Bonchev–Trinajstić information content (AvgIpc) is 2.95. The Labute approximate surface area is 102 Å². The summed E-state index contributed by atoms with van der Waals surface area (Å²) >= 11 is 1.55. The van der Waals surface area contributed by atoms with Gasteiger partial charge in [-0.25, -0.2) is 9.97 Å². The highest BCUT2D eigenvalue weighted by molar-refractivity contribution is 7.09. The first-order valence-corrected chi connectivity index (χ1v) is 5.84. The van der Waals surface area contributed by atoms with Gasteiger partial charge in [0.2, 0.25) is 5.91 Å². The summed E-state index contributed by atoms with van der Waals surface area (Å²) in [6.07, 6.45) is 4.53. The molecule has 0 saturated carbocycles. The van der Waals surface area contributed by atoms with Gasteiger partial charge in [-0.15, -0.1) is 11.3 Å². The number of H-pyrrole nitrogens is 1. The molecule has 2 aromatic rings. The van der Waals surface area contributed by atoms with Gasteiger partial charge in [-0.1, -0.05) is 0 Å². The van der Waals surface area contributed by atoms with E-state index in [1.54, 1.807) is 17.4 Å². The second-order valence-corrected chi connectivity index (χ2v) is 4.34. The van der Waals surface area contributed by atoms with Crippen LogP contribution in [0.4, 0.5) is 0 Å². The lowest BCUT2D eigenvalue weighted by Gasteiger charge is -1.96. The molecule has 0 aliphatic carbocycles. The van der Waals surface area contributed by atoms with Gasteiger partial charge in [0.05, 0.1) is 17.2 Å². The molecule has 0 saturated heterocycles. The van der Waals surface area contributed by atoms with Crippen molar-refractivity contribution >= 4 is 23.3 Å². The number of carbonyl (C=O) groups is 1. The fourth-order valence-electron chi connectivity index (χ4n) is 1.16. The summed E-state index contributed by atoms with van der Waals surface area (Å²) < 4.78 is 0. The Bertz CT molecular complexity index is 517. The zero-order valence-electron chi connectivity index (χ0n) is 9.17. The lowest BCUT2D eigenvalue weighted by Crippen LogP contribution is -2.20. The summed E-state index contributed by atoms with van der Waals surface area (Å²) in [5.74, 6) is 0.434. The molecule has 7 heteroatoms. The third-order valence-corrected chi connectivity index (χ3v) is 2.73. The van der Waals surface area contributed by atoms with Crippen LogP contribution in [0, 0.1) is 6.92 Å². The molecule has 6 nitrogen and oxygen atoms in total. The van der Waals surface area contributed by atoms with E-state index in [0.717, 1.165) is 10.7 Å². The van der Waals surface area contributed by atoms with Crippen LogP contribution in [0.25, 0.3) is 6.08 Å². The topological polar surface area (TPSA) is 83.6 Å². The molecule has 88 valence electrons. The Hall–Kier alpha value is -2.02.